The third-order valence-electron chi connectivity index (χ3n) is 5.81. The van der Waals surface area contributed by atoms with E-state index in [0.29, 0.717) is 11.8 Å². The van der Waals surface area contributed by atoms with Gasteiger partial charge in [0.15, 0.2) is 5.65 Å². The van der Waals surface area contributed by atoms with Crippen molar-refractivity contribution in [1.82, 2.24) is 25.4 Å². The number of hydrogen-bond acceptors (Lipinski definition) is 4. The maximum atomic E-state index is 13.3. The fourth-order valence-electron chi connectivity index (χ4n) is 4.02. The van der Waals surface area contributed by atoms with Gasteiger partial charge < -0.3 is 10.6 Å². The first-order valence-corrected chi connectivity index (χ1v) is 10.2. The predicted octanol–water partition coefficient (Wildman–Crippen LogP) is 3.94. The molecule has 0 radical (unpaired) electrons. The van der Waals surface area contributed by atoms with Crippen LogP contribution in [-0.4, -0.2) is 39.8 Å². The molecule has 4 rings (SSSR count). The molecule has 1 aliphatic carbocycles. The fraction of sp³-hybridized carbons (Fsp3) is 0.667. The smallest absolute Gasteiger partial charge is 0.252 e. The predicted molar refractivity (Wildman–Crippen MR) is 122 cm³/mol. The van der Waals surface area contributed by atoms with Crippen LogP contribution in [0.3, 0.4) is 0 Å². The molecular weight excluding hydrogens is 409 g/mol. The summed E-state index contributed by atoms with van der Waals surface area (Å²) in [5.74, 6) is 0.934. The second kappa shape index (κ2) is 8.78. The number of aromatic nitrogens is 3. The lowest BCUT2D eigenvalue weighted by atomic mass is 9.94. The van der Waals surface area contributed by atoms with E-state index in [1.807, 2.05) is 17.7 Å². The molecule has 8 heteroatoms. The number of rotatable bonds is 3. The molecule has 1 aliphatic heterocycles. The summed E-state index contributed by atoms with van der Waals surface area (Å²) in [4.78, 5) is 18.2. The summed E-state index contributed by atoms with van der Waals surface area (Å²) in [6, 6.07) is 2.23. The standard InChI is InChI=1S/C21H31N5O.2ClH/c1-12-11-22-9-8-16(12)24-20(27)15-10-17(14-6-7-14)23-19-18(15)13(2)25-26(19)21(3,4)5;;/h10,12,14,16,22H,6-9,11H2,1-5H3,(H,24,27);2*1H. The lowest BCUT2D eigenvalue weighted by Crippen LogP contribution is -2.48. The minimum absolute atomic E-state index is 0. The maximum absolute atomic E-state index is 13.3. The van der Waals surface area contributed by atoms with Crippen molar-refractivity contribution in [1.29, 1.82) is 0 Å². The molecule has 1 saturated heterocycles. The Kier molecular flexibility index (Phi) is 7.24. The molecule has 162 valence electrons. The molecule has 2 aliphatic rings. The molecular formula is C21H33Cl2N5O. The van der Waals surface area contributed by atoms with E-state index in [1.54, 1.807) is 0 Å². The van der Waals surface area contributed by atoms with Crippen molar-refractivity contribution < 1.29 is 4.79 Å². The Balaban J connectivity index is 0.00000150. The molecule has 0 spiro atoms. The zero-order valence-electron chi connectivity index (χ0n) is 17.9. The summed E-state index contributed by atoms with van der Waals surface area (Å²) in [7, 11) is 0. The topological polar surface area (TPSA) is 71.8 Å². The minimum Gasteiger partial charge on any atom is -0.349 e. The van der Waals surface area contributed by atoms with E-state index in [4.69, 9.17) is 10.1 Å². The average molecular weight is 442 g/mol. The molecule has 3 heterocycles. The normalized spacial score (nSPS) is 22.0. The Morgan fingerprint density at radius 1 is 1.24 bits per heavy atom. The van der Waals surface area contributed by atoms with Crippen LogP contribution in [0.5, 0.6) is 0 Å². The summed E-state index contributed by atoms with van der Waals surface area (Å²) in [5, 5.41) is 12.3. The Bertz CT molecular complexity index is 885. The van der Waals surface area contributed by atoms with E-state index in [2.05, 4.69) is 38.3 Å². The highest BCUT2D eigenvalue weighted by Gasteiger charge is 2.31. The molecule has 2 N–H and O–H groups in total. The first kappa shape index (κ1) is 23.9. The van der Waals surface area contributed by atoms with Gasteiger partial charge in [-0.1, -0.05) is 6.92 Å². The number of aryl methyl sites for hydroxylation is 1. The SMILES string of the molecule is Cc1nn(C(C)(C)C)c2nc(C3CC3)cc(C(=O)NC3CCNCC3C)c12.Cl.Cl. The summed E-state index contributed by atoms with van der Waals surface area (Å²) in [6.07, 6.45) is 3.29. The van der Waals surface area contributed by atoms with Crippen LogP contribution in [0.4, 0.5) is 0 Å². The number of fused-ring (bicyclic) bond motifs is 1. The van der Waals surface area contributed by atoms with Crippen LogP contribution in [0.1, 0.15) is 74.6 Å². The Morgan fingerprint density at radius 2 is 1.93 bits per heavy atom. The number of pyridine rings is 1. The lowest BCUT2D eigenvalue weighted by molar-refractivity contribution is 0.0915. The molecule has 0 bridgehead atoms. The van der Waals surface area contributed by atoms with E-state index in [-0.39, 0.29) is 42.3 Å². The van der Waals surface area contributed by atoms with Gasteiger partial charge in [-0.15, -0.1) is 24.8 Å². The van der Waals surface area contributed by atoms with E-state index >= 15 is 0 Å². The van der Waals surface area contributed by atoms with E-state index in [1.165, 1.54) is 0 Å². The third kappa shape index (κ3) is 4.70. The number of nitrogens with zero attached hydrogens (tertiary/aromatic N) is 3. The van der Waals surface area contributed by atoms with E-state index in [0.717, 1.165) is 60.3 Å². The molecule has 0 aromatic carbocycles. The monoisotopic (exact) mass is 441 g/mol. The number of carbonyl (C=O) groups is 1. The van der Waals surface area contributed by atoms with Crippen LogP contribution in [0.25, 0.3) is 11.0 Å². The van der Waals surface area contributed by atoms with E-state index in [9.17, 15) is 4.79 Å². The van der Waals surface area contributed by atoms with Crippen LogP contribution in [0, 0.1) is 12.8 Å². The molecule has 2 atom stereocenters. The largest absolute Gasteiger partial charge is 0.349 e. The van der Waals surface area contributed by atoms with Crippen molar-refractivity contribution in [3.05, 3.63) is 23.0 Å². The zero-order valence-corrected chi connectivity index (χ0v) is 19.5. The van der Waals surface area contributed by atoms with Gasteiger partial charge in [0.05, 0.1) is 22.2 Å². The number of amides is 1. The molecule has 2 aromatic rings. The Hall–Kier alpha value is -1.37. The van der Waals surface area contributed by atoms with Gasteiger partial charge in [0.1, 0.15) is 0 Å². The molecule has 29 heavy (non-hydrogen) atoms. The number of piperidine rings is 1. The van der Waals surface area contributed by atoms with Crippen LogP contribution in [0.2, 0.25) is 0 Å². The first-order chi connectivity index (χ1) is 12.8. The van der Waals surface area contributed by atoms with Gasteiger partial charge in [0, 0.05) is 17.7 Å². The summed E-state index contributed by atoms with van der Waals surface area (Å²) >= 11 is 0. The van der Waals surface area contributed by atoms with Gasteiger partial charge in [0.2, 0.25) is 0 Å². The fourth-order valence-corrected chi connectivity index (χ4v) is 4.02. The van der Waals surface area contributed by atoms with Gasteiger partial charge in [-0.2, -0.15) is 5.10 Å². The van der Waals surface area contributed by atoms with Crippen molar-refractivity contribution in [2.75, 3.05) is 13.1 Å². The third-order valence-corrected chi connectivity index (χ3v) is 5.81. The second-order valence-corrected chi connectivity index (χ2v) is 9.29. The first-order valence-electron chi connectivity index (χ1n) is 10.2. The molecule has 2 fully saturated rings. The number of hydrogen-bond donors (Lipinski definition) is 2. The van der Waals surface area contributed by atoms with Gasteiger partial charge in [0.25, 0.3) is 5.91 Å². The molecule has 2 aromatic heterocycles. The summed E-state index contributed by atoms with van der Waals surface area (Å²) < 4.78 is 1.98. The number of halogens is 2. The average Bonchev–Trinajstić information content (AvgIpc) is 3.39. The van der Waals surface area contributed by atoms with Gasteiger partial charge in [-0.05, 0) is 72.0 Å². The Morgan fingerprint density at radius 3 is 2.52 bits per heavy atom. The van der Waals surface area contributed by atoms with E-state index < -0.39 is 0 Å². The zero-order chi connectivity index (χ0) is 19.3. The summed E-state index contributed by atoms with van der Waals surface area (Å²) in [5.41, 5.74) is 3.31. The van der Waals surface area contributed by atoms with Crippen LogP contribution in [-0.2, 0) is 5.54 Å². The Labute approximate surface area is 185 Å². The molecule has 1 amide bonds. The second-order valence-electron chi connectivity index (χ2n) is 9.29. The van der Waals surface area contributed by atoms with Crippen molar-refractivity contribution in [2.45, 2.75) is 71.4 Å². The minimum atomic E-state index is -0.182. The van der Waals surface area contributed by atoms with Gasteiger partial charge in [-0.3, -0.25) is 4.79 Å². The highest BCUT2D eigenvalue weighted by molar-refractivity contribution is 6.06. The number of nitrogens with one attached hydrogen (secondary N) is 2. The van der Waals surface area contributed by atoms with Gasteiger partial charge in [-0.25, -0.2) is 9.67 Å². The van der Waals surface area contributed by atoms with Crippen molar-refractivity contribution in [3.8, 4) is 0 Å². The quantitative estimate of drug-likeness (QED) is 0.755. The summed E-state index contributed by atoms with van der Waals surface area (Å²) in [6.45, 7) is 12.5. The van der Waals surface area contributed by atoms with Crippen molar-refractivity contribution in [3.63, 3.8) is 0 Å². The number of carbonyl (C=O) groups excluding carboxylic acids is 1. The molecule has 6 nitrogen and oxygen atoms in total. The van der Waals surface area contributed by atoms with Gasteiger partial charge >= 0.3 is 0 Å². The van der Waals surface area contributed by atoms with Crippen LogP contribution >= 0.6 is 24.8 Å². The van der Waals surface area contributed by atoms with Crippen molar-refractivity contribution in [2.24, 2.45) is 5.92 Å². The van der Waals surface area contributed by atoms with Crippen LogP contribution in [0.15, 0.2) is 6.07 Å². The maximum Gasteiger partial charge on any atom is 0.252 e. The molecule has 1 saturated carbocycles. The van der Waals surface area contributed by atoms with Crippen molar-refractivity contribution >= 4 is 41.8 Å². The highest BCUT2D eigenvalue weighted by atomic mass is 35.5. The highest BCUT2D eigenvalue weighted by Crippen LogP contribution is 2.41. The lowest BCUT2D eigenvalue weighted by Gasteiger charge is -2.30. The van der Waals surface area contributed by atoms with Crippen LogP contribution < -0.4 is 10.6 Å². The molecule has 2 unspecified atom stereocenters.